The zero-order valence-electron chi connectivity index (χ0n) is 19.1. The van der Waals surface area contributed by atoms with Gasteiger partial charge >= 0.3 is 12.1 Å². The molecule has 180 valence electrons. The maximum absolute atomic E-state index is 12.5. The first-order valence-corrected chi connectivity index (χ1v) is 11.6. The van der Waals surface area contributed by atoms with E-state index in [1.165, 1.54) is 18.1 Å². The Balaban J connectivity index is 1.27. The largest absolute Gasteiger partial charge is 0.479 e. The van der Waals surface area contributed by atoms with Crippen LogP contribution in [-0.2, 0) is 14.3 Å². The predicted octanol–water partition coefficient (Wildman–Crippen LogP) is 3.04. The number of hydrogen-bond acceptors (Lipinski definition) is 5. The van der Waals surface area contributed by atoms with E-state index >= 15 is 0 Å². The molecule has 0 aromatic heterocycles. The van der Waals surface area contributed by atoms with Crippen LogP contribution in [0.1, 0.15) is 49.7 Å². The summed E-state index contributed by atoms with van der Waals surface area (Å²) in [7, 11) is 0. The number of carbonyl (C=O) groups is 3. The van der Waals surface area contributed by atoms with E-state index in [2.05, 4.69) is 34.9 Å². The fourth-order valence-electron chi connectivity index (χ4n) is 4.98. The number of hydrogen-bond donors (Lipinski definition) is 4. The van der Waals surface area contributed by atoms with Crippen LogP contribution in [0.4, 0.5) is 4.79 Å². The number of carboxylic acids is 1. The number of fused-ring (bicyclic) bond motifs is 3. The molecular formula is C26H30N2O6. The predicted molar refractivity (Wildman–Crippen MR) is 125 cm³/mol. The molecule has 0 spiro atoms. The van der Waals surface area contributed by atoms with Crippen molar-refractivity contribution in [3.8, 4) is 11.1 Å². The summed E-state index contributed by atoms with van der Waals surface area (Å²) in [5.74, 6) is -1.70. The Hall–Kier alpha value is -3.39. The Morgan fingerprint density at radius 3 is 2.24 bits per heavy atom. The van der Waals surface area contributed by atoms with Crippen molar-refractivity contribution in [3.05, 3.63) is 59.7 Å². The van der Waals surface area contributed by atoms with Crippen LogP contribution in [0.2, 0.25) is 0 Å². The van der Waals surface area contributed by atoms with Gasteiger partial charge in [0.2, 0.25) is 5.91 Å². The molecule has 0 saturated heterocycles. The lowest BCUT2D eigenvalue weighted by Crippen LogP contribution is -2.55. The topological polar surface area (TPSA) is 125 Å². The van der Waals surface area contributed by atoms with Gasteiger partial charge in [-0.15, -0.1) is 0 Å². The van der Waals surface area contributed by atoms with Crippen molar-refractivity contribution in [3.63, 3.8) is 0 Å². The van der Waals surface area contributed by atoms with Crippen molar-refractivity contribution in [2.75, 3.05) is 13.2 Å². The second kappa shape index (κ2) is 9.85. The van der Waals surface area contributed by atoms with Gasteiger partial charge in [-0.25, -0.2) is 9.59 Å². The van der Waals surface area contributed by atoms with Gasteiger partial charge in [-0.05, 0) is 54.4 Å². The Morgan fingerprint density at radius 2 is 1.65 bits per heavy atom. The highest BCUT2D eigenvalue weighted by Gasteiger charge is 2.36. The Kier molecular flexibility index (Phi) is 6.88. The summed E-state index contributed by atoms with van der Waals surface area (Å²) in [6.07, 6.45) is 1.74. The highest BCUT2D eigenvalue weighted by atomic mass is 16.5. The van der Waals surface area contributed by atoms with E-state index < -0.39 is 30.1 Å². The van der Waals surface area contributed by atoms with Gasteiger partial charge in [-0.1, -0.05) is 48.5 Å². The second-order valence-electron chi connectivity index (χ2n) is 9.39. The molecule has 2 aromatic carbocycles. The molecule has 0 bridgehead atoms. The number of benzene rings is 2. The number of nitrogens with one attached hydrogen (secondary N) is 2. The fraction of sp³-hybridized carbons (Fsp3) is 0.423. The average molecular weight is 467 g/mol. The second-order valence-corrected chi connectivity index (χ2v) is 9.39. The highest BCUT2D eigenvalue weighted by Crippen LogP contribution is 2.44. The highest BCUT2D eigenvalue weighted by molar-refractivity contribution is 5.87. The number of carbonyl (C=O) groups excluding carboxylic acids is 2. The summed E-state index contributed by atoms with van der Waals surface area (Å²) in [6.45, 7) is 0.821. The molecule has 2 amide bonds. The Morgan fingerprint density at radius 1 is 1.03 bits per heavy atom. The van der Waals surface area contributed by atoms with E-state index in [4.69, 9.17) is 4.74 Å². The zero-order valence-corrected chi connectivity index (χ0v) is 19.1. The Labute approximate surface area is 198 Å². The molecule has 3 unspecified atom stereocenters. The molecule has 34 heavy (non-hydrogen) atoms. The summed E-state index contributed by atoms with van der Waals surface area (Å²) >= 11 is 0. The quantitative estimate of drug-likeness (QED) is 0.474. The number of carboxylic acid groups (broad SMARTS) is 1. The van der Waals surface area contributed by atoms with Gasteiger partial charge in [0.15, 0.2) is 5.54 Å². The van der Waals surface area contributed by atoms with E-state index in [0.717, 1.165) is 24.0 Å². The molecule has 4 N–H and O–H groups in total. The SMILES string of the molecule is CC(CO)(NC(=O)CC1CCC(NC(=O)OCC2c3ccccc3-c3ccccc32)C1)C(=O)O. The number of alkyl carbamates (subject to hydrolysis) is 1. The van der Waals surface area contributed by atoms with Crippen LogP contribution in [0.15, 0.2) is 48.5 Å². The minimum absolute atomic E-state index is 0.00626. The van der Waals surface area contributed by atoms with Gasteiger partial charge in [-0.3, -0.25) is 4.79 Å². The van der Waals surface area contributed by atoms with E-state index in [1.54, 1.807) is 0 Å². The van der Waals surface area contributed by atoms with Crippen LogP contribution in [0.25, 0.3) is 11.1 Å². The molecule has 3 atom stereocenters. The lowest BCUT2D eigenvalue weighted by Gasteiger charge is -2.24. The summed E-state index contributed by atoms with van der Waals surface area (Å²) < 4.78 is 5.60. The van der Waals surface area contributed by atoms with Crippen molar-refractivity contribution >= 4 is 18.0 Å². The first kappa shape index (κ1) is 23.8. The zero-order chi connectivity index (χ0) is 24.3. The van der Waals surface area contributed by atoms with Gasteiger partial charge in [0.05, 0.1) is 6.61 Å². The first-order valence-electron chi connectivity index (χ1n) is 11.6. The standard InChI is InChI=1S/C26H30N2O6/c1-26(15-29,24(31)32)28-23(30)13-16-10-11-17(12-16)27-25(33)34-14-22-20-8-4-2-6-18(20)19-7-3-5-9-21(19)22/h2-9,16-17,22,29H,10-15H2,1H3,(H,27,33)(H,28,30)(H,31,32). The van der Waals surface area contributed by atoms with Crippen molar-refractivity contribution in [2.24, 2.45) is 5.92 Å². The van der Waals surface area contributed by atoms with E-state index in [1.807, 2.05) is 24.3 Å². The molecule has 1 saturated carbocycles. The van der Waals surface area contributed by atoms with Crippen molar-refractivity contribution in [1.82, 2.24) is 10.6 Å². The summed E-state index contributed by atoms with van der Waals surface area (Å²) in [4.78, 5) is 36.0. The summed E-state index contributed by atoms with van der Waals surface area (Å²) in [6, 6.07) is 16.2. The normalized spacial score (nSPS) is 20.6. The fourth-order valence-corrected chi connectivity index (χ4v) is 4.98. The molecule has 0 radical (unpaired) electrons. The monoisotopic (exact) mass is 466 g/mol. The van der Waals surface area contributed by atoms with E-state index in [0.29, 0.717) is 6.42 Å². The molecular weight excluding hydrogens is 436 g/mol. The molecule has 0 aliphatic heterocycles. The van der Waals surface area contributed by atoms with Crippen LogP contribution in [-0.4, -0.2) is 53.0 Å². The van der Waals surface area contributed by atoms with E-state index in [-0.39, 0.29) is 30.9 Å². The molecule has 2 aromatic rings. The van der Waals surface area contributed by atoms with Crippen molar-refractivity contribution < 1.29 is 29.3 Å². The molecule has 2 aliphatic carbocycles. The first-order chi connectivity index (χ1) is 16.3. The van der Waals surface area contributed by atoms with Gasteiger partial charge in [0.1, 0.15) is 6.61 Å². The van der Waals surface area contributed by atoms with Crippen molar-refractivity contribution in [1.29, 1.82) is 0 Å². The number of rotatable bonds is 8. The van der Waals surface area contributed by atoms with Crippen LogP contribution in [0.3, 0.4) is 0 Å². The van der Waals surface area contributed by atoms with Crippen LogP contribution in [0.5, 0.6) is 0 Å². The van der Waals surface area contributed by atoms with Crippen LogP contribution < -0.4 is 10.6 Å². The number of aliphatic hydroxyl groups excluding tert-OH is 1. The maximum atomic E-state index is 12.5. The lowest BCUT2D eigenvalue weighted by atomic mass is 9.98. The molecule has 2 aliphatic rings. The van der Waals surface area contributed by atoms with Gasteiger partial charge < -0.3 is 25.6 Å². The molecule has 8 heteroatoms. The maximum Gasteiger partial charge on any atom is 0.407 e. The van der Waals surface area contributed by atoms with Gasteiger partial charge in [-0.2, -0.15) is 0 Å². The van der Waals surface area contributed by atoms with Crippen LogP contribution in [0, 0.1) is 5.92 Å². The molecule has 4 rings (SSSR count). The summed E-state index contributed by atoms with van der Waals surface area (Å²) in [5.41, 5.74) is 2.95. The minimum atomic E-state index is -1.70. The number of aliphatic carboxylic acids is 1. The number of aliphatic hydroxyl groups is 1. The molecule has 1 fully saturated rings. The molecule has 8 nitrogen and oxygen atoms in total. The van der Waals surface area contributed by atoms with Crippen molar-refractivity contribution in [2.45, 2.75) is 50.1 Å². The third kappa shape index (κ3) is 4.92. The smallest absolute Gasteiger partial charge is 0.407 e. The van der Waals surface area contributed by atoms with E-state index in [9.17, 15) is 24.6 Å². The lowest BCUT2D eigenvalue weighted by molar-refractivity contribution is -0.148. The summed E-state index contributed by atoms with van der Waals surface area (Å²) in [5, 5.41) is 23.8. The van der Waals surface area contributed by atoms with Crippen LogP contribution >= 0.6 is 0 Å². The average Bonchev–Trinajstić information content (AvgIpc) is 3.39. The minimum Gasteiger partial charge on any atom is -0.479 e. The third-order valence-corrected chi connectivity index (χ3v) is 6.88. The van der Waals surface area contributed by atoms with Gasteiger partial charge in [0, 0.05) is 18.4 Å². The van der Waals surface area contributed by atoms with Gasteiger partial charge in [0.25, 0.3) is 0 Å². The number of ether oxygens (including phenoxy) is 1. The Bertz CT molecular complexity index is 1040. The number of amides is 2. The third-order valence-electron chi connectivity index (χ3n) is 6.88. The molecule has 0 heterocycles.